The number of aromatic nitrogens is 2. The summed E-state index contributed by atoms with van der Waals surface area (Å²) in [5.41, 5.74) is 0.247. The summed E-state index contributed by atoms with van der Waals surface area (Å²) in [5, 5.41) is 20.4. The monoisotopic (exact) mass is 350 g/mol. The van der Waals surface area contributed by atoms with Crippen molar-refractivity contribution in [2.45, 2.75) is 29.0 Å². The Bertz CT molecular complexity index is 756. The zero-order valence-electron chi connectivity index (χ0n) is 12.4. The molecule has 2 aromatic rings. The number of Topliss-reactive ketones (excluding diaryl/α,β-unsaturated/α-hetero) is 1. The van der Waals surface area contributed by atoms with Crippen LogP contribution in [-0.2, 0) is 0 Å². The van der Waals surface area contributed by atoms with Crippen molar-refractivity contribution in [1.29, 1.82) is 0 Å². The van der Waals surface area contributed by atoms with Gasteiger partial charge in [-0.1, -0.05) is 11.3 Å². The highest BCUT2D eigenvalue weighted by atomic mass is 32.2. The fourth-order valence-corrected chi connectivity index (χ4v) is 4.27. The van der Waals surface area contributed by atoms with E-state index in [2.05, 4.69) is 15.1 Å². The number of nitro benzene ring substituents is 1. The smallest absolute Gasteiger partial charge is 0.284 e. The zero-order chi connectivity index (χ0) is 16.4. The standard InChI is InChI=1S/C14H14N4O3S2/c1-9(19)10-4-5-12(11(8-10)18(20)21)22-14-16-15-13(23-14)17-6-2-3-7-17/h4-5,8H,2-3,6-7H2,1H3. The van der Waals surface area contributed by atoms with Gasteiger partial charge in [-0.15, -0.1) is 10.2 Å². The lowest BCUT2D eigenvalue weighted by Crippen LogP contribution is -2.17. The van der Waals surface area contributed by atoms with Crippen LogP contribution in [0.3, 0.4) is 0 Å². The van der Waals surface area contributed by atoms with E-state index >= 15 is 0 Å². The molecule has 0 saturated carbocycles. The lowest BCUT2D eigenvalue weighted by Gasteiger charge is -2.10. The Kier molecular flexibility index (Phi) is 4.58. The molecule has 0 aliphatic carbocycles. The number of nitro groups is 1. The molecule has 1 aliphatic rings. The number of carbonyl (C=O) groups is 1. The normalized spacial score (nSPS) is 14.2. The molecule has 2 heterocycles. The van der Waals surface area contributed by atoms with Gasteiger partial charge in [-0.2, -0.15) is 0 Å². The van der Waals surface area contributed by atoms with E-state index in [0.717, 1.165) is 31.1 Å². The molecular formula is C14H14N4O3S2. The molecule has 1 aromatic heterocycles. The summed E-state index contributed by atoms with van der Waals surface area (Å²) in [7, 11) is 0. The number of hydrogen-bond donors (Lipinski definition) is 0. The van der Waals surface area contributed by atoms with Gasteiger partial charge >= 0.3 is 0 Å². The van der Waals surface area contributed by atoms with Crippen LogP contribution in [0.1, 0.15) is 30.1 Å². The van der Waals surface area contributed by atoms with E-state index in [4.69, 9.17) is 0 Å². The lowest BCUT2D eigenvalue weighted by atomic mass is 10.1. The number of benzene rings is 1. The Morgan fingerprint density at radius 3 is 2.74 bits per heavy atom. The van der Waals surface area contributed by atoms with E-state index in [1.165, 1.54) is 36.1 Å². The van der Waals surface area contributed by atoms with Crippen LogP contribution in [0.4, 0.5) is 10.8 Å². The molecule has 1 saturated heterocycles. The van der Waals surface area contributed by atoms with Gasteiger partial charge in [-0.3, -0.25) is 14.9 Å². The fraction of sp³-hybridized carbons (Fsp3) is 0.357. The molecule has 0 atom stereocenters. The van der Waals surface area contributed by atoms with Crippen LogP contribution in [0, 0.1) is 10.1 Å². The molecule has 0 spiro atoms. The van der Waals surface area contributed by atoms with Crippen LogP contribution in [0.5, 0.6) is 0 Å². The van der Waals surface area contributed by atoms with E-state index in [1.807, 2.05) is 0 Å². The quantitative estimate of drug-likeness (QED) is 0.464. The minimum Gasteiger partial charge on any atom is -0.347 e. The molecule has 0 radical (unpaired) electrons. The third-order valence-electron chi connectivity index (χ3n) is 3.53. The summed E-state index contributed by atoms with van der Waals surface area (Å²) < 4.78 is 0.658. The molecule has 9 heteroatoms. The summed E-state index contributed by atoms with van der Waals surface area (Å²) in [6, 6.07) is 4.50. The van der Waals surface area contributed by atoms with Gasteiger partial charge in [-0.05, 0) is 43.7 Å². The van der Waals surface area contributed by atoms with Crippen molar-refractivity contribution >= 4 is 39.7 Å². The highest BCUT2D eigenvalue weighted by molar-refractivity contribution is 8.01. The van der Waals surface area contributed by atoms with Crippen molar-refractivity contribution in [2.24, 2.45) is 0 Å². The Morgan fingerprint density at radius 2 is 2.09 bits per heavy atom. The van der Waals surface area contributed by atoms with Gasteiger partial charge in [0.25, 0.3) is 5.69 Å². The lowest BCUT2D eigenvalue weighted by molar-refractivity contribution is -0.387. The van der Waals surface area contributed by atoms with Crippen LogP contribution < -0.4 is 4.90 Å². The molecular weight excluding hydrogens is 336 g/mol. The molecule has 3 rings (SSSR count). The molecule has 0 N–H and O–H groups in total. The van der Waals surface area contributed by atoms with Crippen LogP contribution in [0.2, 0.25) is 0 Å². The molecule has 23 heavy (non-hydrogen) atoms. The summed E-state index contributed by atoms with van der Waals surface area (Å²) in [6.45, 7) is 3.35. The zero-order valence-corrected chi connectivity index (χ0v) is 14.0. The average molecular weight is 350 g/mol. The fourth-order valence-electron chi connectivity index (χ4n) is 2.34. The van der Waals surface area contributed by atoms with Gasteiger partial charge in [0.2, 0.25) is 5.13 Å². The Hall–Kier alpha value is -2.00. The van der Waals surface area contributed by atoms with Crippen molar-refractivity contribution in [3.05, 3.63) is 33.9 Å². The van der Waals surface area contributed by atoms with Crippen molar-refractivity contribution in [1.82, 2.24) is 10.2 Å². The van der Waals surface area contributed by atoms with Gasteiger partial charge in [0.05, 0.1) is 9.82 Å². The molecule has 1 aliphatic heterocycles. The maximum atomic E-state index is 11.4. The van der Waals surface area contributed by atoms with Crippen molar-refractivity contribution in [3.63, 3.8) is 0 Å². The average Bonchev–Trinajstić information content (AvgIpc) is 3.17. The molecule has 120 valence electrons. The third kappa shape index (κ3) is 3.50. The predicted molar refractivity (Wildman–Crippen MR) is 88.6 cm³/mol. The second kappa shape index (κ2) is 6.63. The molecule has 0 bridgehead atoms. The molecule has 0 unspecified atom stereocenters. The number of rotatable bonds is 5. The minimum atomic E-state index is -0.475. The number of carbonyl (C=O) groups excluding carboxylic acids is 1. The Balaban J connectivity index is 1.84. The number of ketones is 1. The molecule has 0 amide bonds. The third-order valence-corrected chi connectivity index (χ3v) is 5.63. The van der Waals surface area contributed by atoms with Crippen LogP contribution in [0.15, 0.2) is 27.4 Å². The summed E-state index contributed by atoms with van der Waals surface area (Å²) in [4.78, 5) is 24.8. The topological polar surface area (TPSA) is 89.2 Å². The van der Waals surface area contributed by atoms with E-state index in [9.17, 15) is 14.9 Å². The van der Waals surface area contributed by atoms with Gasteiger partial charge in [0, 0.05) is 24.7 Å². The Morgan fingerprint density at radius 1 is 1.35 bits per heavy atom. The van der Waals surface area contributed by atoms with E-state index < -0.39 is 4.92 Å². The van der Waals surface area contributed by atoms with Gasteiger partial charge in [0.1, 0.15) is 0 Å². The maximum Gasteiger partial charge on any atom is 0.284 e. The number of nitrogens with zero attached hydrogens (tertiary/aromatic N) is 4. The van der Waals surface area contributed by atoms with Crippen molar-refractivity contribution < 1.29 is 9.72 Å². The molecule has 1 aromatic carbocycles. The van der Waals surface area contributed by atoms with E-state index in [1.54, 1.807) is 12.1 Å². The second-order valence-electron chi connectivity index (χ2n) is 5.14. The maximum absolute atomic E-state index is 11.4. The first-order valence-corrected chi connectivity index (χ1v) is 8.73. The molecule has 7 nitrogen and oxygen atoms in total. The predicted octanol–water partition coefficient (Wildman–Crippen LogP) is 3.40. The summed E-state index contributed by atoms with van der Waals surface area (Å²) in [6.07, 6.45) is 2.31. The SMILES string of the molecule is CC(=O)c1ccc(Sc2nnc(N3CCCC3)s2)c([N+](=O)[O-])c1. The van der Waals surface area contributed by atoms with Crippen LogP contribution >= 0.6 is 23.1 Å². The minimum absolute atomic E-state index is 0.0828. The van der Waals surface area contributed by atoms with E-state index in [0.29, 0.717) is 14.8 Å². The number of anilines is 1. The molecule has 1 fully saturated rings. The van der Waals surface area contributed by atoms with E-state index in [-0.39, 0.29) is 11.5 Å². The number of hydrogen-bond acceptors (Lipinski definition) is 8. The van der Waals surface area contributed by atoms with Gasteiger partial charge in [-0.25, -0.2) is 0 Å². The van der Waals surface area contributed by atoms with Crippen LogP contribution in [-0.4, -0.2) is 34.0 Å². The van der Waals surface area contributed by atoms with Gasteiger partial charge in [0.15, 0.2) is 10.1 Å². The first-order valence-electron chi connectivity index (χ1n) is 7.10. The van der Waals surface area contributed by atoms with Gasteiger partial charge < -0.3 is 4.90 Å². The van der Waals surface area contributed by atoms with Crippen molar-refractivity contribution in [2.75, 3.05) is 18.0 Å². The highest BCUT2D eigenvalue weighted by Gasteiger charge is 2.21. The first kappa shape index (κ1) is 15.9. The first-order chi connectivity index (χ1) is 11.0. The highest BCUT2D eigenvalue weighted by Crippen LogP contribution is 2.38. The largest absolute Gasteiger partial charge is 0.347 e. The van der Waals surface area contributed by atoms with Crippen LogP contribution in [0.25, 0.3) is 0 Å². The second-order valence-corrected chi connectivity index (χ2v) is 7.39. The Labute approximate surface area is 140 Å². The summed E-state index contributed by atoms with van der Waals surface area (Å²) >= 11 is 2.64. The summed E-state index contributed by atoms with van der Waals surface area (Å²) in [5.74, 6) is -0.197. The van der Waals surface area contributed by atoms with Crippen molar-refractivity contribution in [3.8, 4) is 0 Å².